The monoisotopic (exact) mass is 465 g/mol. The average Bonchev–Trinajstić information content (AvgIpc) is 3.22. The number of non-ortho nitro benzene ring substituents is 1. The molecular weight excluding hydrogens is 446 g/mol. The first-order chi connectivity index (χ1) is 15.5. The molecule has 0 radical (unpaired) electrons. The molecule has 33 heavy (non-hydrogen) atoms. The second-order valence-electron chi connectivity index (χ2n) is 8.69. The van der Waals surface area contributed by atoms with Crippen molar-refractivity contribution < 1.29 is 14.6 Å². The summed E-state index contributed by atoms with van der Waals surface area (Å²) in [5.41, 5.74) is 7.57. The molecule has 2 N–H and O–H groups in total. The fourth-order valence-electron chi connectivity index (χ4n) is 4.41. The number of thiophene rings is 1. The van der Waals surface area contributed by atoms with Gasteiger partial charge in [0, 0.05) is 46.5 Å². The van der Waals surface area contributed by atoms with Crippen molar-refractivity contribution in [3.05, 3.63) is 84.2 Å². The lowest BCUT2D eigenvalue weighted by molar-refractivity contribution is -0.384. The van der Waals surface area contributed by atoms with Crippen molar-refractivity contribution in [3.8, 4) is 6.07 Å². The van der Waals surface area contributed by atoms with Gasteiger partial charge in [0.1, 0.15) is 5.82 Å². The van der Waals surface area contributed by atoms with E-state index in [1.807, 2.05) is 13.8 Å². The number of anilines is 1. The van der Waals surface area contributed by atoms with Gasteiger partial charge in [-0.25, -0.2) is 0 Å². The second-order valence-corrected chi connectivity index (χ2v) is 9.78. The minimum atomic E-state index is -0.804. The third kappa shape index (κ3) is 3.74. The third-order valence-electron chi connectivity index (χ3n) is 5.78. The van der Waals surface area contributed by atoms with Gasteiger partial charge in [-0.05, 0) is 30.0 Å². The maximum atomic E-state index is 13.4. The van der Waals surface area contributed by atoms with Crippen LogP contribution in [0.5, 0.6) is 0 Å². The van der Waals surface area contributed by atoms with E-state index in [2.05, 4.69) is 6.07 Å². The van der Waals surface area contributed by atoms with E-state index in [-0.39, 0.29) is 39.7 Å². The molecule has 0 saturated heterocycles. The SMILES string of the molecule is CC1(C)CC(=O)C2=C(C1)N(c1ccc([N+](=O)[O-])cc1)C(N)=C(C#N)[C@H]2c1ccc([N+](=O)[O-])s1. The van der Waals surface area contributed by atoms with E-state index in [0.717, 1.165) is 11.3 Å². The van der Waals surface area contributed by atoms with Crippen molar-refractivity contribution in [1.82, 2.24) is 0 Å². The fraction of sp³-hybridized carbons (Fsp3) is 0.273. The van der Waals surface area contributed by atoms with Crippen LogP contribution in [-0.4, -0.2) is 15.6 Å². The first-order valence-electron chi connectivity index (χ1n) is 9.99. The van der Waals surface area contributed by atoms with E-state index in [1.165, 1.54) is 30.3 Å². The number of nitriles is 1. The van der Waals surface area contributed by atoms with Crippen LogP contribution in [0.25, 0.3) is 0 Å². The first-order valence-corrected chi connectivity index (χ1v) is 10.8. The number of nitrogens with two attached hydrogens (primary N) is 1. The summed E-state index contributed by atoms with van der Waals surface area (Å²) in [6.45, 7) is 3.90. The number of nitro benzene ring substituents is 1. The Kier molecular flexibility index (Phi) is 5.26. The molecule has 0 unspecified atom stereocenters. The van der Waals surface area contributed by atoms with Crippen molar-refractivity contribution in [1.29, 1.82) is 5.26 Å². The van der Waals surface area contributed by atoms with Gasteiger partial charge in [-0.15, -0.1) is 0 Å². The largest absolute Gasteiger partial charge is 0.384 e. The topological polar surface area (TPSA) is 156 Å². The molecule has 11 heteroatoms. The maximum Gasteiger partial charge on any atom is 0.324 e. The van der Waals surface area contributed by atoms with Crippen LogP contribution < -0.4 is 10.6 Å². The number of carbonyl (C=O) groups is 1. The average molecular weight is 465 g/mol. The number of ketones is 1. The summed E-state index contributed by atoms with van der Waals surface area (Å²) in [7, 11) is 0. The van der Waals surface area contributed by atoms with Gasteiger partial charge < -0.3 is 5.73 Å². The summed E-state index contributed by atoms with van der Waals surface area (Å²) >= 11 is 0.909. The molecule has 0 saturated carbocycles. The molecule has 0 spiro atoms. The number of carbonyl (C=O) groups excluding carboxylic acids is 1. The second kappa shape index (κ2) is 7.83. The summed E-state index contributed by atoms with van der Waals surface area (Å²) in [5.74, 6) is -0.868. The van der Waals surface area contributed by atoms with Gasteiger partial charge in [0.25, 0.3) is 5.69 Å². The fourth-order valence-corrected chi connectivity index (χ4v) is 5.35. The van der Waals surface area contributed by atoms with E-state index >= 15 is 0 Å². The van der Waals surface area contributed by atoms with E-state index in [0.29, 0.717) is 28.3 Å². The zero-order valence-electron chi connectivity index (χ0n) is 17.8. The molecule has 4 rings (SSSR count). The molecule has 1 atom stereocenters. The van der Waals surface area contributed by atoms with Crippen molar-refractivity contribution in [2.45, 2.75) is 32.6 Å². The lowest BCUT2D eigenvalue weighted by Crippen LogP contribution is -2.42. The number of hydrogen-bond acceptors (Lipinski definition) is 9. The normalized spacial score (nSPS) is 19.8. The Morgan fingerprint density at radius 2 is 1.79 bits per heavy atom. The van der Waals surface area contributed by atoms with Crippen LogP contribution >= 0.6 is 11.3 Å². The molecule has 0 amide bonds. The minimum Gasteiger partial charge on any atom is -0.384 e. The number of nitro groups is 2. The van der Waals surface area contributed by atoms with Gasteiger partial charge in [0.2, 0.25) is 0 Å². The Hall–Kier alpha value is -4.04. The maximum absolute atomic E-state index is 13.4. The smallest absolute Gasteiger partial charge is 0.324 e. The van der Waals surface area contributed by atoms with Crippen LogP contribution in [0.1, 0.15) is 37.5 Å². The Bertz CT molecular complexity index is 1300. The number of rotatable bonds is 4. The summed E-state index contributed by atoms with van der Waals surface area (Å²) in [4.78, 5) is 36.8. The summed E-state index contributed by atoms with van der Waals surface area (Å²) < 4.78 is 0. The lowest BCUT2D eigenvalue weighted by atomic mass is 9.69. The Labute approximate surface area is 192 Å². The third-order valence-corrected chi connectivity index (χ3v) is 6.88. The lowest BCUT2D eigenvalue weighted by Gasteiger charge is -2.43. The number of nitrogens with zero attached hydrogens (tertiary/aromatic N) is 4. The molecule has 2 heterocycles. The highest BCUT2D eigenvalue weighted by Gasteiger charge is 2.45. The first kappa shape index (κ1) is 22.2. The highest BCUT2D eigenvalue weighted by molar-refractivity contribution is 7.15. The van der Waals surface area contributed by atoms with Gasteiger partial charge in [0.15, 0.2) is 5.78 Å². The Morgan fingerprint density at radius 1 is 1.12 bits per heavy atom. The molecule has 1 aromatic carbocycles. The summed E-state index contributed by atoms with van der Waals surface area (Å²) in [5, 5.41) is 32.2. The molecule has 10 nitrogen and oxygen atoms in total. The summed E-state index contributed by atoms with van der Waals surface area (Å²) in [6.07, 6.45) is 0.719. The quantitative estimate of drug-likeness (QED) is 0.510. The number of allylic oxidation sites excluding steroid dienone is 3. The van der Waals surface area contributed by atoms with E-state index in [1.54, 1.807) is 11.0 Å². The summed E-state index contributed by atoms with van der Waals surface area (Å²) in [6, 6.07) is 10.7. The molecule has 1 aliphatic carbocycles. The number of benzene rings is 1. The molecular formula is C22H19N5O5S. The van der Waals surface area contributed by atoms with Crippen molar-refractivity contribution >= 4 is 33.5 Å². The highest BCUT2D eigenvalue weighted by atomic mass is 32.1. The van der Waals surface area contributed by atoms with E-state index in [9.17, 15) is 30.3 Å². The van der Waals surface area contributed by atoms with E-state index in [4.69, 9.17) is 5.73 Å². The number of Topliss-reactive ketones (excluding diaryl/α,β-unsaturated/α-hetero) is 1. The van der Waals surface area contributed by atoms with Gasteiger partial charge in [-0.2, -0.15) is 5.26 Å². The van der Waals surface area contributed by atoms with Crippen LogP contribution in [-0.2, 0) is 4.79 Å². The molecule has 1 aliphatic heterocycles. The molecule has 2 aromatic rings. The van der Waals surface area contributed by atoms with E-state index < -0.39 is 15.8 Å². The number of hydrogen-bond donors (Lipinski definition) is 1. The predicted octanol–water partition coefficient (Wildman–Crippen LogP) is 4.51. The zero-order chi connectivity index (χ0) is 24.1. The van der Waals surface area contributed by atoms with Gasteiger partial charge in [-0.3, -0.25) is 29.9 Å². The zero-order valence-corrected chi connectivity index (χ0v) is 18.6. The van der Waals surface area contributed by atoms with Crippen LogP contribution in [0.4, 0.5) is 16.4 Å². The van der Waals surface area contributed by atoms with Gasteiger partial charge in [-0.1, -0.05) is 25.2 Å². The minimum absolute atomic E-state index is 0.0932. The predicted molar refractivity (Wildman–Crippen MR) is 121 cm³/mol. The molecule has 2 aliphatic rings. The van der Waals surface area contributed by atoms with Gasteiger partial charge >= 0.3 is 5.00 Å². The van der Waals surface area contributed by atoms with Crippen LogP contribution in [0, 0.1) is 37.0 Å². The van der Waals surface area contributed by atoms with Crippen LogP contribution in [0.3, 0.4) is 0 Å². The molecule has 0 fully saturated rings. The molecule has 0 bridgehead atoms. The Balaban J connectivity index is 1.95. The standard InChI is InChI=1S/C22H19N5O5S/c1-22(2)9-15-20(16(28)10-22)19(17-7-8-18(33-17)27(31)32)14(11-23)21(24)25(15)12-3-5-13(6-4-12)26(29)30/h3-8,19H,9-10,24H2,1-2H3/t19-/m0/s1. The molecule has 1 aromatic heterocycles. The van der Waals surface area contributed by atoms with Crippen LogP contribution in [0.15, 0.2) is 59.1 Å². The Morgan fingerprint density at radius 3 is 2.33 bits per heavy atom. The van der Waals surface area contributed by atoms with Gasteiger partial charge in [0.05, 0.1) is 27.4 Å². The van der Waals surface area contributed by atoms with Crippen molar-refractivity contribution in [3.63, 3.8) is 0 Å². The molecule has 168 valence electrons. The van der Waals surface area contributed by atoms with Crippen molar-refractivity contribution in [2.75, 3.05) is 4.90 Å². The van der Waals surface area contributed by atoms with Crippen LogP contribution in [0.2, 0.25) is 0 Å². The van der Waals surface area contributed by atoms with Crippen molar-refractivity contribution in [2.24, 2.45) is 11.1 Å². The highest BCUT2D eigenvalue weighted by Crippen LogP contribution is 2.51.